The van der Waals surface area contributed by atoms with Crippen LogP contribution in [0.25, 0.3) is 11.2 Å². The normalized spacial score (nSPS) is 14.8. The third kappa shape index (κ3) is 2.14. The Hall–Kier alpha value is -1.89. The molecule has 2 aromatic heterocycles. The van der Waals surface area contributed by atoms with E-state index in [2.05, 4.69) is 25.3 Å². The quantitative estimate of drug-likeness (QED) is 0.615. The second-order valence-corrected chi connectivity index (χ2v) is 4.23. The van der Waals surface area contributed by atoms with Gasteiger partial charge in [0.05, 0.1) is 18.5 Å². The average molecular weight is 236 g/mol. The lowest BCUT2D eigenvalue weighted by Gasteiger charge is -2.27. The average Bonchev–Trinajstić information content (AvgIpc) is 2.77. The zero-order valence-corrected chi connectivity index (χ0v) is 9.86. The van der Waals surface area contributed by atoms with Crippen molar-refractivity contribution >= 4 is 22.9 Å². The molecule has 0 radical (unpaired) electrons. The summed E-state index contributed by atoms with van der Waals surface area (Å²) in [5.74, 6) is 0.715. The van der Waals surface area contributed by atoms with E-state index in [1.165, 1.54) is 6.33 Å². The van der Waals surface area contributed by atoms with Gasteiger partial charge in [-0.1, -0.05) is 6.92 Å². The summed E-state index contributed by atoms with van der Waals surface area (Å²) < 4.78 is 0. The van der Waals surface area contributed by atoms with E-state index in [1.807, 2.05) is 13.8 Å². The highest BCUT2D eigenvalue weighted by Crippen LogP contribution is 2.22. The molecule has 7 nitrogen and oxygen atoms in total. The molecule has 0 saturated carbocycles. The maximum atomic E-state index is 9.38. The number of aliphatic hydroxyl groups excluding tert-OH is 1. The van der Waals surface area contributed by atoms with Crippen LogP contribution >= 0.6 is 0 Å². The maximum absolute atomic E-state index is 9.38. The SMILES string of the molecule is CCC(C)(CO)Nc1nc(N)nc2nc[nH]c12. The first-order valence-electron chi connectivity index (χ1n) is 5.43. The fourth-order valence-electron chi connectivity index (χ4n) is 1.47. The maximum Gasteiger partial charge on any atom is 0.224 e. The van der Waals surface area contributed by atoms with Crippen LogP contribution in [0.3, 0.4) is 0 Å². The van der Waals surface area contributed by atoms with Crippen molar-refractivity contribution in [3.05, 3.63) is 6.33 Å². The molecule has 2 aromatic rings. The molecule has 0 amide bonds. The number of aromatic amines is 1. The molecule has 92 valence electrons. The molecule has 0 bridgehead atoms. The van der Waals surface area contributed by atoms with E-state index < -0.39 is 5.54 Å². The lowest BCUT2D eigenvalue weighted by Crippen LogP contribution is -2.38. The van der Waals surface area contributed by atoms with E-state index >= 15 is 0 Å². The Bertz CT molecular complexity index is 518. The van der Waals surface area contributed by atoms with Gasteiger partial charge in [0.1, 0.15) is 5.52 Å². The molecule has 2 rings (SSSR count). The lowest BCUT2D eigenvalue weighted by molar-refractivity contribution is 0.218. The van der Waals surface area contributed by atoms with Crippen molar-refractivity contribution in [1.29, 1.82) is 0 Å². The van der Waals surface area contributed by atoms with Crippen molar-refractivity contribution in [2.24, 2.45) is 0 Å². The van der Waals surface area contributed by atoms with Gasteiger partial charge in [-0.2, -0.15) is 9.97 Å². The van der Waals surface area contributed by atoms with Crippen LogP contribution in [0.1, 0.15) is 20.3 Å². The number of imidazole rings is 1. The van der Waals surface area contributed by atoms with Gasteiger partial charge in [0.25, 0.3) is 0 Å². The predicted molar refractivity (Wildman–Crippen MR) is 65.5 cm³/mol. The van der Waals surface area contributed by atoms with Crippen LogP contribution in [0.4, 0.5) is 11.8 Å². The minimum atomic E-state index is -0.446. The number of H-pyrrole nitrogens is 1. The van der Waals surface area contributed by atoms with Crippen LogP contribution in [0.15, 0.2) is 6.33 Å². The number of hydrogen-bond donors (Lipinski definition) is 4. The Kier molecular flexibility index (Phi) is 2.84. The summed E-state index contributed by atoms with van der Waals surface area (Å²) in [4.78, 5) is 15.1. The number of aliphatic hydroxyl groups is 1. The number of nitrogens with zero attached hydrogens (tertiary/aromatic N) is 3. The number of aromatic nitrogens is 4. The van der Waals surface area contributed by atoms with Crippen molar-refractivity contribution in [3.63, 3.8) is 0 Å². The Morgan fingerprint density at radius 2 is 2.29 bits per heavy atom. The van der Waals surface area contributed by atoms with Gasteiger partial charge < -0.3 is 21.1 Å². The van der Waals surface area contributed by atoms with Crippen LogP contribution in [-0.2, 0) is 0 Å². The molecule has 0 spiro atoms. The Labute approximate surface area is 98.5 Å². The van der Waals surface area contributed by atoms with Crippen LogP contribution in [0.2, 0.25) is 0 Å². The molecule has 5 N–H and O–H groups in total. The van der Waals surface area contributed by atoms with E-state index in [0.717, 1.165) is 6.42 Å². The molecule has 1 unspecified atom stereocenters. The first-order chi connectivity index (χ1) is 8.08. The molecular weight excluding hydrogens is 220 g/mol. The Balaban J connectivity index is 2.44. The number of hydrogen-bond acceptors (Lipinski definition) is 6. The van der Waals surface area contributed by atoms with Gasteiger partial charge in [0.2, 0.25) is 5.95 Å². The predicted octanol–water partition coefficient (Wildman–Crippen LogP) is 0.508. The monoisotopic (exact) mass is 236 g/mol. The minimum absolute atomic E-state index is 0.00301. The topological polar surface area (TPSA) is 113 Å². The van der Waals surface area contributed by atoms with Gasteiger partial charge >= 0.3 is 0 Å². The van der Waals surface area contributed by atoms with E-state index in [1.54, 1.807) is 0 Å². The number of anilines is 2. The summed E-state index contributed by atoms with van der Waals surface area (Å²) in [7, 11) is 0. The van der Waals surface area contributed by atoms with Crippen LogP contribution in [0.5, 0.6) is 0 Å². The van der Waals surface area contributed by atoms with Crippen LogP contribution in [0, 0.1) is 0 Å². The molecule has 0 aliphatic rings. The number of nitrogens with one attached hydrogen (secondary N) is 2. The van der Waals surface area contributed by atoms with Crippen molar-refractivity contribution in [1.82, 2.24) is 19.9 Å². The highest BCUT2D eigenvalue weighted by atomic mass is 16.3. The number of rotatable bonds is 4. The van der Waals surface area contributed by atoms with E-state index in [4.69, 9.17) is 5.73 Å². The third-order valence-electron chi connectivity index (χ3n) is 2.85. The molecule has 2 heterocycles. The number of nitrogen functional groups attached to an aromatic ring is 1. The van der Waals surface area contributed by atoms with E-state index in [9.17, 15) is 5.11 Å². The standard InChI is InChI=1S/C10H16N6O/c1-3-10(2,4-17)16-8-6-7(13-5-12-6)14-9(11)15-8/h5,17H,3-4H2,1-2H3,(H4,11,12,13,14,15,16). The summed E-state index contributed by atoms with van der Waals surface area (Å²) in [5.41, 5.74) is 6.36. The van der Waals surface area contributed by atoms with Gasteiger partial charge in [-0.25, -0.2) is 4.98 Å². The minimum Gasteiger partial charge on any atom is -0.394 e. The first-order valence-corrected chi connectivity index (χ1v) is 5.43. The molecule has 0 aromatic carbocycles. The van der Waals surface area contributed by atoms with Crippen LogP contribution < -0.4 is 11.1 Å². The zero-order chi connectivity index (χ0) is 12.5. The molecular formula is C10H16N6O. The summed E-state index contributed by atoms with van der Waals surface area (Å²) in [6.45, 7) is 3.90. The van der Waals surface area contributed by atoms with E-state index in [-0.39, 0.29) is 12.6 Å². The molecule has 0 saturated heterocycles. The second-order valence-electron chi connectivity index (χ2n) is 4.23. The van der Waals surface area contributed by atoms with Gasteiger partial charge in [-0.05, 0) is 13.3 Å². The fourth-order valence-corrected chi connectivity index (χ4v) is 1.47. The second kappa shape index (κ2) is 4.17. The fraction of sp³-hybridized carbons (Fsp3) is 0.500. The zero-order valence-electron chi connectivity index (χ0n) is 9.86. The third-order valence-corrected chi connectivity index (χ3v) is 2.85. The summed E-state index contributed by atoms with van der Waals surface area (Å²) >= 11 is 0. The molecule has 1 atom stereocenters. The van der Waals surface area contributed by atoms with Crippen molar-refractivity contribution in [2.75, 3.05) is 17.7 Å². The van der Waals surface area contributed by atoms with Crippen molar-refractivity contribution in [3.8, 4) is 0 Å². The number of nitrogens with two attached hydrogens (primary N) is 1. The highest BCUT2D eigenvalue weighted by molar-refractivity contribution is 5.83. The van der Waals surface area contributed by atoms with Gasteiger partial charge in [-0.15, -0.1) is 0 Å². The highest BCUT2D eigenvalue weighted by Gasteiger charge is 2.23. The summed E-state index contributed by atoms with van der Waals surface area (Å²) in [6.07, 6.45) is 2.29. The molecule has 0 aliphatic carbocycles. The van der Waals surface area contributed by atoms with Crippen molar-refractivity contribution < 1.29 is 5.11 Å². The van der Waals surface area contributed by atoms with Crippen LogP contribution in [-0.4, -0.2) is 37.2 Å². The summed E-state index contributed by atoms with van der Waals surface area (Å²) in [5, 5.41) is 12.5. The van der Waals surface area contributed by atoms with E-state index in [0.29, 0.717) is 17.0 Å². The smallest absolute Gasteiger partial charge is 0.224 e. The van der Waals surface area contributed by atoms with Gasteiger partial charge in [0.15, 0.2) is 11.5 Å². The molecule has 0 aliphatic heterocycles. The lowest BCUT2D eigenvalue weighted by atomic mass is 10.0. The first kappa shape index (κ1) is 11.6. The molecule has 17 heavy (non-hydrogen) atoms. The summed E-state index contributed by atoms with van der Waals surface area (Å²) in [6, 6.07) is 0. The van der Waals surface area contributed by atoms with Gasteiger partial charge in [0, 0.05) is 0 Å². The van der Waals surface area contributed by atoms with Gasteiger partial charge in [-0.3, -0.25) is 0 Å². The molecule has 7 heteroatoms. The van der Waals surface area contributed by atoms with Crippen molar-refractivity contribution in [2.45, 2.75) is 25.8 Å². The Morgan fingerprint density at radius 3 is 2.94 bits per heavy atom. The number of fused-ring (bicyclic) bond motifs is 1. The largest absolute Gasteiger partial charge is 0.394 e. The molecule has 0 fully saturated rings. The Morgan fingerprint density at radius 1 is 1.53 bits per heavy atom.